The van der Waals surface area contributed by atoms with Gasteiger partial charge in [-0.1, -0.05) is 13.0 Å². The minimum absolute atomic E-state index is 0.724. The lowest BCUT2D eigenvalue weighted by atomic mass is 9.48. The summed E-state index contributed by atoms with van der Waals surface area (Å²) in [6.45, 7) is 7.38. The average Bonchev–Trinajstić information content (AvgIpc) is 2.40. The summed E-state index contributed by atoms with van der Waals surface area (Å²) in [7, 11) is 0. The van der Waals surface area contributed by atoms with Crippen molar-refractivity contribution in [1.82, 2.24) is 5.32 Å². The molecule has 0 amide bonds. The summed E-state index contributed by atoms with van der Waals surface area (Å²) in [5, 5.41) is 3.83. The molecule has 0 aromatic carbocycles. The molecule has 0 spiro atoms. The summed E-state index contributed by atoms with van der Waals surface area (Å²) < 4.78 is 0. The zero-order valence-electron chi connectivity index (χ0n) is 13.4. The van der Waals surface area contributed by atoms with E-state index in [0.717, 1.165) is 29.2 Å². The van der Waals surface area contributed by atoms with E-state index in [-0.39, 0.29) is 0 Å². The Kier molecular flexibility index (Phi) is 4.55. The van der Waals surface area contributed by atoms with Crippen molar-refractivity contribution in [3.8, 4) is 0 Å². The lowest BCUT2D eigenvalue weighted by Crippen LogP contribution is -2.49. The van der Waals surface area contributed by atoms with Gasteiger partial charge in [0.15, 0.2) is 0 Å². The van der Waals surface area contributed by atoms with Gasteiger partial charge in [-0.05, 0) is 93.9 Å². The molecule has 1 heteroatoms. The van der Waals surface area contributed by atoms with E-state index in [0.29, 0.717) is 0 Å². The van der Waals surface area contributed by atoms with E-state index in [1.54, 1.807) is 38.5 Å². The van der Waals surface area contributed by atoms with E-state index in [4.69, 9.17) is 0 Å². The Bertz CT molecular complexity index is 297. The molecule has 4 fully saturated rings. The number of allylic oxidation sites excluding steroid dienone is 1. The van der Waals surface area contributed by atoms with Gasteiger partial charge in [0.05, 0.1) is 0 Å². The fraction of sp³-hybridized carbons (Fsp3) is 0.895. The molecule has 1 nitrogen and oxygen atoms in total. The van der Waals surface area contributed by atoms with Crippen LogP contribution in [-0.4, -0.2) is 12.6 Å². The number of hydrogen-bond donors (Lipinski definition) is 1. The van der Waals surface area contributed by atoms with E-state index in [9.17, 15) is 0 Å². The normalized spacial score (nSPS) is 40.0. The van der Waals surface area contributed by atoms with Gasteiger partial charge in [0.1, 0.15) is 0 Å². The van der Waals surface area contributed by atoms with Crippen LogP contribution in [0.2, 0.25) is 0 Å². The second kappa shape index (κ2) is 6.22. The molecule has 0 heterocycles. The molecular weight excluding hydrogens is 242 g/mol. The average molecular weight is 275 g/mol. The Morgan fingerprint density at radius 2 is 1.75 bits per heavy atom. The van der Waals surface area contributed by atoms with Crippen molar-refractivity contribution in [3.05, 3.63) is 12.7 Å². The van der Waals surface area contributed by atoms with Gasteiger partial charge < -0.3 is 5.32 Å². The smallest absolute Gasteiger partial charge is 0.00752 e. The third-order valence-corrected chi connectivity index (χ3v) is 6.25. The third kappa shape index (κ3) is 3.13. The van der Waals surface area contributed by atoms with Crippen molar-refractivity contribution in [2.45, 2.75) is 77.2 Å². The zero-order chi connectivity index (χ0) is 14.0. The fourth-order valence-electron chi connectivity index (χ4n) is 6.01. The first-order valence-electron chi connectivity index (χ1n) is 9.07. The van der Waals surface area contributed by atoms with Crippen LogP contribution in [0.1, 0.15) is 71.1 Å². The second-order valence-corrected chi connectivity index (χ2v) is 8.14. The molecule has 0 saturated heterocycles. The molecule has 114 valence electrons. The van der Waals surface area contributed by atoms with Crippen LogP contribution in [0.25, 0.3) is 0 Å². The lowest BCUT2D eigenvalue weighted by molar-refractivity contribution is -0.0623. The monoisotopic (exact) mass is 275 g/mol. The molecule has 1 atom stereocenters. The van der Waals surface area contributed by atoms with Gasteiger partial charge in [0.25, 0.3) is 0 Å². The predicted molar refractivity (Wildman–Crippen MR) is 86.7 cm³/mol. The number of rotatable bonds is 8. The van der Waals surface area contributed by atoms with Crippen LogP contribution in [0.3, 0.4) is 0 Å². The topological polar surface area (TPSA) is 12.0 Å². The molecule has 4 aliphatic carbocycles. The van der Waals surface area contributed by atoms with E-state index < -0.39 is 0 Å². The first-order chi connectivity index (χ1) is 9.73. The molecular formula is C19H33N. The standard InChI is InChI=1S/C19H33N/c1-3-5-6-18(20-7-4-2)14-19-11-15-8-16(12-19)10-17(9-15)13-19/h3,15-18,20H,1,4-14H2,2H3. The lowest BCUT2D eigenvalue weighted by Gasteiger charge is -2.57. The number of hydrogen-bond acceptors (Lipinski definition) is 1. The Hall–Kier alpha value is -0.300. The second-order valence-electron chi connectivity index (χ2n) is 8.14. The third-order valence-electron chi connectivity index (χ3n) is 6.25. The van der Waals surface area contributed by atoms with Gasteiger partial charge in [-0.15, -0.1) is 6.58 Å². The van der Waals surface area contributed by atoms with E-state index in [1.807, 2.05) is 0 Å². The molecule has 4 saturated carbocycles. The summed E-state index contributed by atoms with van der Waals surface area (Å²) in [6.07, 6.45) is 16.6. The van der Waals surface area contributed by atoms with Crippen molar-refractivity contribution in [1.29, 1.82) is 0 Å². The largest absolute Gasteiger partial charge is 0.314 e. The van der Waals surface area contributed by atoms with Crippen LogP contribution in [0.15, 0.2) is 12.7 Å². The van der Waals surface area contributed by atoms with Crippen LogP contribution in [0.5, 0.6) is 0 Å². The minimum Gasteiger partial charge on any atom is -0.314 e. The summed E-state index contributed by atoms with van der Waals surface area (Å²) in [5.41, 5.74) is 0.724. The Morgan fingerprint density at radius 3 is 2.25 bits per heavy atom. The molecule has 1 unspecified atom stereocenters. The Morgan fingerprint density at radius 1 is 1.15 bits per heavy atom. The maximum atomic E-state index is 3.91. The van der Waals surface area contributed by atoms with Gasteiger partial charge in [0, 0.05) is 6.04 Å². The molecule has 0 aromatic rings. The van der Waals surface area contributed by atoms with Crippen molar-refractivity contribution >= 4 is 0 Å². The molecule has 0 aromatic heterocycles. The quantitative estimate of drug-likeness (QED) is 0.619. The summed E-state index contributed by atoms with van der Waals surface area (Å²) in [6, 6.07) is 0.740. The summed E-state index contributed by atoms with van der Waals surface area (Å²) >= 11 is 0. The van der Waals surface area contributed by atoms with E-state index >= 15 is 0 Å². The first-order valence-corrected chi connectivity index (χ1v) is 9.07. The van der Waals surface area contributed by atoms with E-state index in [2.05, 4.69) is 24.9 Å². The van der Waals surface area contributed by atoms with Crippen molar-refractivity contribution in [3.63, 3.8) is 0 Å². The highest BCUT2D eigenvalue weighted by molar-refractivity contribution is 5.02. The van der Waals surface area contributed by atoms with Crippen LogP contribution < -0.4 is 5.32 Å². The van der Waals surface area contributed by atoms with Crippen LogP contribution in [0.4, 0.5) is 0 Å². The van der Waals surface area contributed by atoms with Crippen molar-refractivity contribution < 1.29 is 0 Å². The molecule has 4 bridgehead atoms. The minimum atomic E-state index is 0.724. The Balaban J connectivity index is 1.62. The number of nitrogens with one attached hydrogen (secondary N) is 1. The van der Waals surface area contributed by atoms with Crippen LogP contribution in [-0.2, 0) is 0 Å². The van der Waals surface area contributed by atoms with Crippen molar-refractivity contribution in [2.75, 3.05) is 6.54 Å². The molecule has 0 aliphatic heterocycles. The summed E-state index contributed by atoms with van der Waals surface area (Å²) in [4.78, 5) is 0. The predicted octanol–water partition coefficient (Wildman–Crippen LogP) is 4.93. The highest BCUT2D eigenvalue weighted by Crippen LogP contribution is 2.61. The van der Waals surface area contributed by atoms with Crippen LogP contribution >= 0.6 is 0 Å². The van der Waals surface area contributed by atoms with Crippen LogP contribution in [0, 0.1) is 23.2 Å². The first kappa shape index (κ1) is 14.6. The van der Waals surface area contributed by atoms with Gasteiger partial charge in [-0.2, -0.15) is 0 Å². The maximum Gasteiger partial charge on any atom is 0.00752 e. The van der Waals surface area contributed by atoms with Gasteiger partial charge in [-0.3, -0.25) is 0 Å². The van der Waals surface area contributed by atoms with Crippen molar-refractivity contribution in [2.24, 2.45) is 23.2 Å². The van der Waals surface area contributed by atoms with Gasteiger partial charge in [0.2, 0.25) is 0 Å². The molecule has 0 radical (unpaired) electrons. The molecule has 4 rings (SSSR count). The molecule has 1 N–H and O–H groups in total. The fourth-order valence-corrected chi connectivity index (χ4v) is 6.01. The highest BCUT2D eigenvalue weighted by atomic mass is 14.9. The van der Waals surface area contributed by atoms with Gasteiger partial charge >= 0.3 is 0 Å². The Labute approximate surface area is 125 Å². The maximum absolute atomic E-state index is 3.91. The van der Waals surface area contributed by atoms with E-state index in [1.165, 1.54) is 32.2 Å². The summed E-state index contributed by atoms with van der Waals surface area (Å²) in [5.74, 6) is 3.27. The highest BCUT2D eigenvalue weighted by Gasteiger charge is 2.51. The molecule has 4 aliphatic rings. The SMILES string of the molecule is C=CCCC(CC12CC3CC(CC(C3)C1)C2)NCCC. The molecule has 20 heavy (non-hydrogen) atoms. The zero-order valence-corrected chi connectivity index (χ0v) is 13.4. The van der Waals surface area contributed by atoms with Gasteiger partial charge in [-0.25, -0.2) is 0 Å².